The van der Waals surface area contributed by atoms with Crippen LogP contribution in [0.4, 0.5) is 4.79 Å². The molecule has 7 heteroatoms. The highest BCUT2D eigenvalue weighted by atomic mass is 79.9. The predicted molar refractivity (Wildman–Crippen MR) is 80.8 cm³/mol. The molecule has 0 unspecified atom stereocenters. The van der Waals surface area contributed by atoms with Crippen molar-refractivity contribution in [1.29, 1.82) is 0 Å². The fourth-order valence-electron chi connectivity index (χ4n) is 1.76. The highest BCUT2D eigenvalue weighted by molar-refractivity contribution is 9.11. The summed E-state index contributed by atoms with van der Waals surface area (Å²) in [6.07, 6.45) is -0.162. The van der Waals surface area contributed by atoms with Crippen LogP contribution >= 0.6 is 31.9 Å². The molecule has 0 bridgehead atoms. The zero-order chi connectivity index (χ0) is 14.5. The molecule has 0 aromatic heterocycles. The van der Waals surface area contributed by atoms with E-state index in [0.717, 1.165) is 10.9 Å². The minimum atomic E-state index is -0.516. The van der Waals surface area contributed by atoms with Gasteiger partial charge in [-0.1, -0.05) is 22.9 Å². The summed E-state index contributed by atoms with van der Waals surface area (Å²) in [6.45, 7) is 3.59. The maximum absolute atomic E-state index is 11.7. The van der Waals surface area contributed by atoms with Gasteiger partial charge in [0.2, 0.25) is 0 Å². The van der Waals surface area contributed by atoms with Crippen molar-refractivity contribution in [1.82, 2.24) is 5.32 Å². The summed E-state index contributed by atoms with van der Waals surface area (Å²) >= 11 is 6.80. The summed E-state index contributed by atoms with van der Waals surface area (Å²) in [5.41, 5.74) is 0.676. The summed E-state index contributed by atoms with van der Waals surface area (Å²) in [7, 11) is 0. The number of benzene rings is 1. The van der Waals surface area contributed by atoms with Crippen LogP contribution in [0.1, 0.15) is 25.2 Å². The maximum atomic E-state index is 11.7. The molecule has 1 amide bonds. The molecular weight excluding hydrogens is 394 g/mol. The van der Waals surface area contributed by atoms with Crippen molar-refractivity contribution in [2.24, 2.45) is 0 Å². The van der Waals surface area contributed by atoms with Gasteiger partial charge in [-0.25, -0.2) is 4.79 Å². The second-order valence-electron chi connectivity index (χ2n) is 4.20. The van der Waals surface area contributed by atoms with Gasteiger partial charge in [0.1, 0.15) is 0 Å². The first kappa shape index (κ1) is 15.8. The van der Waals surface area contributed by atoms with Gasteiger partial charge in [0.25, 0.3) is 0 Å². The number of hydrogen-bond acceptors (Lipinski definition) is 4. The van der Waals surface area contributed by atoms with E-state index in [4.69, 9.17) is 14.2 Å². The number of carbonyl (C=O) groups is 1. The topological polar surface area (TPSA) is 56.8 Å². The lowest BCUT2D eigenvalue weighted by Gasteiger charge is -2.16. The SMILES string of the molecule is CCCNC(=O)Oc1c(Br)cc(Br)cc1C1OCCO1. The van der Waals surface area contributed by atoms with E-state index in [2.05, 4.69) is 37.2 Å². The number of hydrogen-bond donors (Lipinski definition) is 1. The molecule has 0 saturated carbocycles. The smallest absolute Gasteiger partial charge is 0.409 e. The van der Waals surface area contributed by atoms with Crippen molar-refractivity contribution in [3.05, 3.63) is 26.6 Å². The molecule has 5 nitrogen and oxygen atoms in total. The molecule has 1 N–H and O–H groups in total. The molecule has 1 aliphatic rings. The Morgan fingerprint density at radius 3 is 2.75 bits per heavy atom. The largest absolute Gasteiger partial charge is 0.412 e. The average Bonchev–Trinajstić information content (AvgIpc) is 2.93. The normalized spacial score (nSPS) is 15.3. The Hall–Kier alpha value is -0.630. The third-order valence-electron chi connectivity index (χ3n) is 2.63. The Bertz CT molecular complexity index is 490. The lowest BCUT2D eigenvalue weighted by molar-refractivity contribution is -0.0453. The van der Waals surface area contributed by atoms with E-state index in [1.165, 1.54) is 0 Å². The standard InChI is InChI=1S/C13H15Br2NO4/c1-2-3-16-13(17)20-11-9(12-18-4-5-19-12)6-8(14)7-10(11)15/h6-7,12H,2-5H2,1H3,(H,16,17). The molecule has 1 fully saturated rings. The Morgan fingerprint density at radius 1 is 1.40 bits per heavy atom. The molecule has 1 heterocycles. The minimum Gasteiger partial charge on any atom is -0.409 e. The molecule has 1 aromatic carbocycles. The van der Waals surface area contributed by atoms with Gasteiger partial charge in [0, 0.05) is 11.0 Å². The molecule has 1 aliphatic heterocycles. The second-order valence-corrected chi connectivity index (χ2v) is 5.97. The van der Waals surface area contributed by atoms with Gasteiger partial charge in [-0.15, -0.1) is 0 Å². The van der Waals surface area contributed by atoms with Crippen molar-refractivity contribution in [2.75, 3.05) is 19.8 Å². The Kier molecular flexibility index (Phi) is 5.83. The minimum absolute atomic E-state index is 0.411. The van der Waals surface area contributed by atoms with Crippen molar-refractivity contribution in [3.63, 3.8) is 0 Å². The number of amides is 1. The molecule has 20 heavy (non-hydrogen) atoms. The summed E-state index contributed by atoms with van der Waals surface area (Å²) in [5.74, 6) is 0.411. The van der Waals surface area contributed by atoms with E-state index < -0.39 is 12.4 Å². The van der Waals surface area contributed by atoms with Crippen LogP contribution in [0, 0.1) is 0 Å². The van der Waals surface area contributed by atoms with Crippen LogP contribution in [0.25, 0.3) is 0 Å². The monoisotopic (exact) mass is 407 g/mol. The highest BCUT2D eigenvalue weighted by Crippen LogP contribution is 2.39. The van der Waals surface area contributed by atoms with E-state index in [1.807, 2.05) is 13.0 Å². The fourth-order valence-corrected chi connectivity index (χ4v) is 3.10. The summed E-state index contributed by atoms with van der Waals surface area (Å²) in [6, 6.07) is 3.63. The molecule has 1 saturated heterocycles. The van der Waals surface area contributed by atoms with Crippen LogP contribution in [-0.4, -0.2) is 25.9 Å². The van der Waals surface area contributed by atoms with Crippen LogP contribution in [0.15, 0.2) is 21.1 Å². The molecule has 110 valence electrons. The van der Waals surface area contributed by atoms with E-state index in [0.29, 0.717) is 35.5 Å². The van der Waals surface area contributed by atoms with Gasteiger partial charge < -0.3 is 19.5 Å². The molecule has 0 radical (unpaired) electrons. The molecular formula is C13H15Br2NO4. The van der Waals surface area contributed by atoms with E-state index in [1.54, 1.807) is 6.07 Å². The van der Waals surface area contributed by atoms with Crippen LogP contribution in [0.3, 0.4) is 0 Å². The lowest BCUT2D eigenvalue weighted by atomic mass is 10.2. The quantitative estimate of drug-likeness (QED) is 0.824. The summed E-state index contributed by atoms with van der Waals surface area (Å²) in [5, 5.41) is 2.67. The molecule has 2 rings (SSSR count). The summed E-state index contributed by atoms with van der Waals surface area (Å²) < 4.78 is 17.8. The number of halogens is 2. The second kappa shape index (κ2) is 7.40. The first-order valence-corrected chi connectivity index (χ1v) is 7.88. The van der Waals surface area contributed by atoms with E-state index in [-0.39, 0.29) is 0 Å². The van der Waals surface area contributed by atoms with Gasteiger partial charge in [-0.3, -0.25) is 0 Å². The molecule has 1 aromatic rings. The fraction of sp³-hybridized carbons (Fsp3) is 0.462. The molecule has 0 atom stereocenters. The number of ether oxygens (including phenoxy) is 3. The van der Waals surface area contributed by atoms with Crippen molar-refractivity contribution >= 4 is 38.0 Å². The Morgan fingerprint density at radius 2 is 2.10 bits per heavy atom. The third-order valence-corrected chi connectivity index (χ3v) is 3.67. The van der Waals surface area contributed by atoms with Crippen molar-refractivity contribution in [3.8, 4) is 5.75 Å². The highest BCUT2D eigenvalue weighted by Gasteiger charge is 2.25. The maximum Gasteiger partial charge on any atom is 0.412 e. The zero-order valence-electron chi connectivity index (χ0n) is 10.9. The van der Waals surface area contributed by atoms with Crippen LogP contribution in [-0.2, 0) is 9.47 Å². The number of carbonyl (C=O) groups excluding carboxylic acids is 1. The molecule has 0 spiro atoms. The van der Waals surface area contributed by atoms with Gasteiger partial charge >= 0.3 is 6.09 Å². The predicted octanol–water partition coefficient (Wildman–Crippen LogP) is 3.76. The Labute approximate surface area is 134 Å². The number of nitrogens with one attached hydrogen (secondary N) is 1. The zero-order valence-corrected chi connectivity index (χ0v) is 14.1. The Balaban J connectivity index is 2.23. The lowest BCUT2D eigenvalue weighted by Crippen LogP contribution is -2.28. The van der Waals surface area contributed by atoms with Gasteiger partial charge in [-0.05, 0) is 34.5 Å². The van der Waals surface area contributed by atoms with Crippen LogP contribution in [0.2, 0.25) is 0 Å². The van der Waals surface area contributed by atoms with E-state index >= 15 is 0 Å². The van der Waals surface area contributed by atoms with Gasteiger partial charge in [0.15, 0.2) is 12.0 Å². The summed E-state index contributed by atoms with van der Waals surface area (Å²) in [4.78, 5) is 11.7. The number of rotatable bonds is 4. The average molecular weight is 409 g/mol. The van der Waals surface area contributed by atoms with Crippen molar-refractivity contribution < 1.29 is 19.0 Å². The first-order chi connectivity index (χ1) is 9.61. The van der Waals surface area contributed by atoms with Crippen molar-refractivity contribution in [2.45, 2.75) is 19.6 Å². The van der Waals surface area contributed by atoms with Gasteiger partial charge in [-0.2, -0.15) is 0 Å². The molecule has 0 aliphatic carbocycles. The third kappa shape index (κ3) is 3.94. The van der Waals surface area contributed by atoms with E-state index in [9.17, 15) is 4.79 Å². The van der Waals surface area contributed by atoms with Gasteiger partial charge in [0.05, 0.1) is 23.2 Å². The van der Waals surface area contributed by atoms with Crippen LogP contribution < -0.4 is 10.1 Å². The van der Waals surface area contributed by atoms with Crippen LogP contribution in [0.5, 0.6) is 5.75 Å². The first-order valence-electron chi connectivity index (χ1n) is 6.29.